The molecule has 2 aromatic carbocycles. The number of benzene rings is 2. The topological polar surface area (TPSA) is 69.0 Å². The Labute approximate surface area is 140 Å². The zero-order valence-corrected chi connectivity index (χ0v) is 13.3. The van der Waals surface area contributed by atoms with E-state index in [0.717, 1.165) is 12.1 Å². The Morgan fingerprint density at radius 2 is 1.96 bits per heavy atom. The minimum absolute atomic E-state index is 0.187. The minimum Gasteiger partial charge on any atom is -0.491 e. The van der Waals surface area contributed by atoms with E-state index in [1.54, 1.807) is 23.1 Å². The number of carbonyl (C=O) groups is 1. The van der Waals surface area contributed by atoms with Gasteiger partial charge < -0.3 is 10.1 Å². The molecule has 1 amide bonds. The van der Waals surface area contributed by atoms with E-state index in [-0.39, 0.29) is 5.91 Å². The summed E-state index contributed by atoms with van der Waals surface area (Å²) in [5.74, 6) is 0.486. The molecule has 0 saturated heterocycles. The number of para-hydroxylation sites is 2. The molecule has 0 aliphatic carbocycles. The summed E-state index contributed by atoms with van der Waals surface area (Å²) in [6.45, 7) is 2.65. The fraction of sp³-hybridized carbons (Fsp3) is 0.167. The van der Waals surface area contributed by atoms with Crippen molar-refractivity contribution in [3.05, 3.63) is 66.7 Å². The predicted octanol–water partition coefficient (Wildman–Crippen LogP) is 3.31. The molecule has 0 saturated carbocycles. The second-order valence-corrected chi connectivity index (χ2v) is 5.19. The first kappa shape index (κ1) is 15.7. The van der Waals surface area contributed by atoms with E-state index in [9.17, 15) is 4.79 Å². The summed E-state index contributed by atoms with van der Waals surface area (Å²) in [4.78, 5) is 16.3. The van der Waals surface area contributed by atoms with Crippen LogP contribution in [0.25, 0.3) is 5.69 Å². The van der Waals surface area contributed by atoms with Gasteiger partial charge in [0.1, 0.15) is 18.4 Å². The second kappa shape index (κ2) is 7.41. The van der Waals surface area contributed by atoms with Crippen LogP contribution in [0.5, 0.6) is 5.75 Å². The van der Waals surface area contributed by atoms with E-state index in [4.69, 9.17) is 4.74 Å². The molecule has 24 heavy (non-hydrogen) atoms. The molecule has 3 aromatic rings. The van der Waals surface area contributed by atoms with Crippen molar-refractivity contribution in [1.82, 2.24) is 14.8 Å². The van der Waals surface area contributed by atoms with E-state index in [2.05, 4.69) is 15.4 Å². The van der Waals surface area contributed by atoms with Gasteiger partial charge in [0.2, 0.25) is 0 Å². The first-order valence-electron chi connectivity index (χ1n) is 7.76. The smallest absolute Gasteiger partial charge is 0.255 e. The maximum Gasteiger partial charge on any atom is 0.255 e. The van der Waals surface area contributed by atoms with Crippen molar-refractivity contribution < 1.29 is 9.53 Å². The van der Waals surface area contributed by atoms with Crippen molar-refractivity contribution in [2.24, 2.45) is 0 Å². The normalized spacial score (nSPS) is 10.4. The summed E-state index contributed by atoms with van der Waals surface area (Å²) in [6.07, 6.45) is 3.98. The van der Waals surface area contributed by atoms with Gasteiger partial charge in [-0.05, 0) is 42.8 Å². The van der Waals surface area contributed by atoms with Gasteiger partial charge in [-0.15, -0.1) is 0 Å². The lowest BCUT2D eigenvalue weighted by molar-refractivity contribution is 0.102. The summed E-state index contributed by atoms with van der Waals surface area (Å²) in [5.41, 5.74) is 2.07. The standard InChI is InChI=1S/C18H18N4O2/c1-2-11-24-17-6-4-3-5-16(17)21-18(23)14-7-9-15(10-8-14)22-13-19-12-20-22/h3-10,12-13H,2,11H2,1H3,(H,21,23). The number of nitrogens with one attached hydrogen (secondary N) is 1. The first-order chi connectivity index (χ1) is 11.8. The lowest BCUT2D eigenvalue weighted by Crippen LogP contribution is -2.13. The van der Waals surface area contributed by atoms with Gasteiger partial charge in [-0.2, -0.15) is 5.10 Å². The van der Waals surface area contributed by atoms with E-state index in [0.29, 0.717) is 23.6 Å². The third-order valence-electron chi connectivity index (χ3n) is 3.41. The molecule has 122 valence electrons. The fourth-order valence-corrected chi connectivity index (χ4v) is 2.21. The van der Waals surface area contributed by atoms with E-state index in [1.807, 2.05) is 43.3 Å². The van der Waals surface area contributed by atoms with Crippen molar-refractivity contribution in [3.8, 4) is 11.4 Å². The van der Waals surface area contributed by atoms with Gasteiger partial charge in [-0.25, -0.2) is 9.67 Å². The van der Waals surface area contributed by atoms with E-state index in [1.165, 1.54) is 6.33 Å². The Bertz CT molecular complexity index is 798. The highest BCUT2D eigenvalue weighted by atomic mass is 16.5. The summed E-state index contributed by atoms with van der Waals surface area (Å²) in [6, 6.07) is 14.6. The Morgan fingerprint density at radius 1 is 1.17 bits per heavy atom. The highest BCUT2D eigenvalue weighted by molar-refractivity contribution is 6.05. The predicted molar refractivity (Wildman–Crippen MR) is 91.5 cm³/mol. The summed E-state index contributed by atoms with van der Waals surface area (Å²) in [5, 5.41) is 6.95. The molecule has 0 aliphatic heterocycles. The molecule has 3 rings (SSSR count). The molecule has 6 heteroatoms. The Kier molecular flexibility index (Phi) is 4.86. The molecular weight excluding hydrogens is 304 g/mol. The Balaban J connectivity index is 1.73. The van der Waals surface area contributed by atoms with Crippen LogP contribution in [0, 0.1) is 0 Å². The molecule has 1 aromatic heterocycles. The number of hydrogen-bond acceptors (Lipinski definition) is 4. The zero-order chi connectivity index (χ0) is 16.8. The third-order valence-corrected chi connectivity index (χ3v) is 3.41. The van der Waals surface area contributed by atoms with Gasteiger partial charge in [0.05, 0.1) is 18.0 Å². The Morgan fingerprint density at radius 3 is 2.67 bits per heavy atom. The molecule has 0 bridgehead atoms. The summed E-state index contributed by atoms with van der Waals surface area (Å²) in [7, 11) is 0. The van der Waals surface area contributed by atoms with Gasteiger partial charge in [0.15, 0.2) is 0 Å². The molecule has 1 N–H and O–H groups in total. The van der Waals surface area contributed by atoms with E-state index < -0.39 is 0 Å². The summed E-state index contributed by atoms with van der Waals surface area (Å²) < 4.78 is 7.29. The lowest BCUT2D eigenvalue weighted by Gasteiger charge is -2.12. The number of ether oxygens (including phenoxy) is 1. The van der Waals surface area contributed by atoms with Crippen LogP contribution >= 0.6 is 0 Å². The maximum atomic E-state index is 12.4. The van der Waals surface area contributed by atoms with Crippen molar-refractivity contribution in [2.45, 2.75) is 13.3 Å². The number of aromatic nitrogens is 3. The molecule has 0 atom stereocenters. The molecule has 0 fully saturated rings. The number of hydrogen-bond donors (Lipinski definition) is 1. The number of carbonyl (C=O) groups excluding carboxylic acids is 1. The van der Waals surface area contributed by atoms with Gasteiger partial charge in [0, 0.05) is 5.56 Å². The monoisotopic (exact) mass is 322 g/mol. The SMILES string of the molecule is CCCOc1ccccc1NC(=O)c1ccc(-n2cncn2)cc1. The highest BCUT2D eigenvalue weighted by Crippen LogP contribution is 2.24. The number of rotatable bonds is 6. The Hall–Kier alpha value is -3.15. The van der Waals surface area contributed by atoms with Crippen LogP contribution < -0.4 is 10.1 Å². The molecule has 0 radical (unpaired) electrons. The van der Waals surface area contributed by atoms with Crippen molar-refractivity contribution in [2.75, 3.05) is 11.9 Å². The van der Waals surface area contributed by atoms with Crippen LogP contribution in [0.1, 0.15) is 23.7 Å². The van der Waals surface area contributed by atoms with Crippen molar-refractivity contribution in [1.29, 1.82) is 0 Å². The van der Waals surface area contributed by atoms with Crippen LogP contribution in [-0.4, -0.2) is 27.3 Å². The van der Waals surface area contributed by atoms with Gasteiger partial charge in [0.25, 0.3) is 5.91 Å². The lowest BCUT2D eigenvalue weighted by atomic mass is 10.2. The molecule has 0 aliphatic rings. The molecule has 0 unspecified atom stereocenters. The van der Waals surface area contributed by atoms with Crippen LogP contribution in [0.4, 0.5) is 5.69 Å². The molecular formula is C18H18N4O2. The van der Waals surface area contributed by atoms with E-state index >= 15 is 0 Å². The quantitative estimate of drug-likeness (QED) is 0.756. The second-order valence-electron chi connectivity index (χ2n) is 5.19. The number of anilines is 1. The molecule has 1 heterocycles. The highest BCUT2D eigenvalue weighted by Gasteiger charge is 2.10. The number of amides is 1. The average Bonchev–Trinajstić information content (AvgIpc) is 3.16. The van der Waals surface area contributed by atoms with Gasteiger partial charge in [-0.1, -0.05) is 19.1 Å². The van der Waals surface area contributed by atoms with Crippen LogP contribution in [-0.2, 0) is 0 Å². The van der Waals surface area contributed by atoms with Crippen LogP contribution in [0.15, 0.2) is 61.2 Å². The van der Waals surface area contributed by atoms with Crippen LogP contribution in [0.3, 0.4) is 0 Å². The van der Waals surface area contributed by atoms with Gasteiger partial charge >= 0.3 is 0 Å². The molecule has 0 spiro atoms. The number of nitrogens with zero attached hydrogens (tertiary/aromatic N) is 3. The largest absolute Gasteiger partial charge is 0.491 e. The van der Waals surface area contributed by atoms with Gasteiger partial charge in [-0.3, -0.25) is 4.79 Å². The van der Waals surface area contributed by atoms with Crippen molar-refractivity contribution >= 4 is 11.6 Å². The minimum atomic E-state index is -0.187. The average molecular weight is 322 g/mol. The fourth-order valence-electron chi connectivity index (χ4n) is 2.21. The third kappa shape index (κ3) is 3.60. The van der Waals surface area contributed by atoms with Crippen molar-refractivity contribution in [3.63, 3.8) is 0 Å². The first-order valence-corrected chi connectivity index (χ1v) is 7.76. The summed E-state index contributed by atoms with van der Waals surface area (Å²) >= 11 is 0. The van der Waals surface area contributed by atoms with Crippen LogP contribution in [0.2, 0.25) is 0 Å². The molecule has 6 nitrogen and oxygen atoms in total. The zero-order valence-electron chi connectivity index (χ0n) is 13.3. The maximum absolute atomic E-state index is 12.4.